The molecule has 4 atom stereocenters. The molecule has 0 spiro atoms. The van der Waals surface area contributed by atoms with Crippen molar-refractivity contribution in [1.82, 2.24) is 0 Å². The SMILES string of the molecule is CC1CC(=O)C(C2OC2C)=CC1O. The van der Waals surface area contributed by atoms with Gasteiger partial charge < -0.3 is 9.84 Å². The summed E-state index contributed by atoms with van der Waals surface area (Å²) in [4.78, 5) is 11.5. The van der Waals surface area contributed by atoms with E-state index in [0.717, 1.165) is 0 Å². The number of aliphatic hydroxyl groups excluding tert-OH is 1. The second-order valence-electron chi connectivity index (χ2n) is 3.98. The molecule has 3 nitrogen and oxygen atoms in total. The van der Waals surface area contributed by atoms with Gasteiger partial charge in [-0.3, -0.25) is 4.79 Å². The summed E-state index contributed by atoms with van der Waals surface area (Å²) in [5.74, 6) is 0.178. The van der Waals surface area contributed by atoms with Crippen molar-refractivity contribution in [3.8, 4) is 0 Å². The quantitative estimate of drug-likeness (QED) is 0.606. The summed E-state index contributed by atoms with van der Waals surface area (Å²) < 4.78 is 5.21. The number of Topliss-reactive ketones (excluding diaryl/α,β-unsaturated/α-hetero) is 1. The highest BCUT2D eigenvalue weighted by Gasteiger charge is 2.42. The van der Waals surface area contributed by atoms with E-state index in [1.807, 2.05) is 13.8 Å². The third kappa shape index (κ3) is 1.54. The van der Waals surface area contributed by atoms with E-state index in [1.54, 1.807) is 6.08 Å². The molecule has 0 amide bonds. The van der Waals surface area contributed by atoms with Gasteiger partial charge in [-0.25, -0.2) is 0 Å². The van der Waals surface area contributed by atoms with Gasteiger partial charge in [-0.1, -0.05) is 6.92 Å². The summed E-state index contributed by atoms with van der Waals surface area (Å²) in [5, 5.41) is 9.54. The summed E-state index contributed by atoms with van der Waals surface area (Å²) in [6.45, 7) is 3.82. The van der Waals surface area contributed by atoms with Crippen LogP contribution in [-0.4, -0.2) is 29.2 Å². The molecule has 0 bridgehead atoms. The van der Waals surface area contributed by atoms with Crippen LogP contribution in [0.1, 0.15) is 20.3 Å². The van der Waals surface area contributed by atoms with Crippen molar-refractivity contribution >= 4 is 5.78 Å². The van der Waals surface area contributed by atoms with E-state index in [0.29, 0.717) is 12.0 Å². The summed E-state index contributed by atoms with van der Waals surface area (Å²) in [6, 6.07) is 0. The zero-order chi connectivity index (χ0) is 9.59. The van der Waals surface area contributed by atoms with Gasteiger partial charge in [0, 0.05) is 12.0 Å². The number of hydrogen-bond acceptors (Lipinski definition) is 3. The number of ether oxygens (including phenoxy) is 1. The average Bonchev–Trinajstić information content (AvgIpc) is 2.75. The predicted octanol–water partition coefficient (Wildman–Crippen LogP) is 0.670. The van der Waals surface area contributed by atoms with Crippen LogP contribution in [0.4, 0.5) is 0 Å². The Hall–Kier alpha value is -0.670. The molecular formula is C10H14O3. The van der Waals surface area contributed by atoms with Crippen LogP contribution < -0.4 is 0 Å². The Labute approximate surface area is 77.4 Å². The Morgan fingerprint density at radius 1 is 1.54 bits per heavy atom. The lowest BCUT2D eigenvalue weighted by Crippen LogP contribution is -2.27. The molecule has 0 saturated carbocycles. The Morgan fingerprint density at radius 2 is 2.15 bits per heavy atom. The second kappa shape index (κ2) is 2.93. The highest BCUT2D eigenvalue weighted by Crippen LogP contribution is 2.33. The molecule has 1 aliphatic carbocycles. The summed E-state index contributed by atoms with van der Waals surface area (Å²) in [5.41, 5.74) is 0.679. The fourth-order valence-corrected chi connectivity index (χ4v) is 1.74. The van der Waals surface area contributed by atoms with E-state index >= 15 is 0 Å². The van der Waals surface area contributed by atoms with Crippen LogP contribution in [0.5, 0.6) is 0 Å². The zero-order valence-corrected chi connectivity index (χ0v) is 7.86. The normalized spacial score (nSPS) is 44.5. The second-order valence-corrected chi connectivity index (χ2v) is 3.98. The fourth-order valence-electron chi connectivity index (χ4n) is 1.74. The highest BCUT2D eigenvalue weighted by atomic mass is 16.6. The average molecular weight is 182 g/mol. The summed E-state index contributed by atoms with van der Waals surface area (Å²) >= 11 is 0. The largest absolute Gasteiger partial charge is 0.389 e. The number of carbonyl (C=O) groups is 1. The van der Waals surface area contributed by atoms with E-state index < -0.39 is 6.10 Å². The molecule has 0 aromatic carbocycles. The first-order valence-electron chi connectivity index (χ1n) is 4.68. The molecule has 1 aliphatic heterocycles. The standard InChI is InChI=1S/C10H14O3/c1-5-3-9(12)7(4-8(5)11)10-6(2)13-10/h4-6,8,10-11H,3H2,1-2H3. The molecule has 0 aromatic heterocycles. The first-order valence-corrected chi connectivity index (χ1v) is 4.68. The lowest BCUT2D eigenvalue weighted by molar-refractivity contribution is -0.118. The monoisotopic (exact) mass is 182 g/mol. The highest BCUT2D eigenvalue weighted by molar-refractivity contribution is 5.98. The minimum Gasteiger partial charge on any atom is -0.389 e. The maximum Gasteiger partial charge on any atom is 0.161 e. The fraction of sp³-hybridized carbons (Fsp3) is 0.700. The lowest BCUT2D eigenvalue weighted by Gasteiger charge is -2.21. The van der Waals surface area contributed by atoms with Gasteiger partial charge in [-0.15, -0.1) is 0 Å². The van der Waals surface area contributed by atoms with Gasteiger partial charge in [0.1, 0.15) is 6.10 Å². The van der Waals surface area contributed by atoms with Crippen molar-refractivity contribution in [3.63, 3.8) is 0 Å². The number of epoxide rings is 1. The number of rotatable bonds is 1. The van der Waals surface area contributed by atoms with Gasteiger partial charge in [-0.2, -0.15) is 0 Å². The Bertz CT molecular complexity index is 269. The summed E-state index contributed by atoms with van der Waals surface area (Å²) in [7, 11) is 0. The van der Waals surface area contributed by atoms with E-state index in [4.69, 9.17) is 4.74 Å². The zero-order valence-electron chi connectivity index (χ0n) is 7.86. The van der Waals surface area contributed by atoms with Crippen molar-refractivity contribution in [2.75, 3.05) is 0 Å². The minimum atomic E-state index is -0.482. The molecule has 72 valence electrons. The maximum absolute atomic E-state index is 11.5. The van der Waals surface area contributed by atoms with Crippen molar-refractivity contribution < 1.29 is 14.6 Å². The molecule has 0 radical (unpaired) electrons. The van der Waals surface area contributed by atoms with Gasteiger partial charge in [0.05, 0.1) is 12.2 Å². The molecule has 1 N–H and O–H groups in total. The third-order valence-electron chi connectivity index (χ3n) is 2.78. The molecule has 13 heavy (non-hydrogen) atoms. The first-order chi connectivity index (χ1) is 6.09. The number of aliphatic hydroxyl groups is 1. The van der Waals surface area contributed by atoms with Crippen LogP contribution in [0.2, 0.25) is 0 Å². The first kappa shape index (κ1) is 8.91. The van der Waals surface area contributed by atoms with Gasteiger partial charge in [-0.05, 0) is 18.9 Å². The van der Waals surface area contributed by atoms with E-state index in [2.05, 4.69) is 0 Å². The molecule has 1 heterocycles. The Kier molecular flexibility index (Phi) is 2.00. The number of carbonyl (C=O) groups excluding carboxylic acids is 1. The Morgan fingerprint density at radius 3 is 2.69 bits per heavy atom. The molecule has 1 fully saturated rings. The van der Waals surface area contributed by atoms with Crippen molar-refractivity contribution in [3.05, 3.63) is 11.6 Å². The molecular weight excluding hydrogens is 168 g/mol. The molecule has 4 unspecified atom stereocenters. The smallest absolute Gasteiger partial charge is 0.161 e. The molecule has 2 aliphatic rings. The molecule has 3 heteroatoms. The number of hydrogen-bond donors (Lipinski definition) is 1. The van der Waals surface area contributed by atoms with Crippen LogP contribution in [0.25, 0.3) is 0 Å². The maximum atomic E-state index is 11.5. The Balaban J connectivity index is 2.17. The van der Waals surface area contributed by atoms with Crippen molar-refractivity contribution in [2.45, 2.75) is 38.6 Å². The molecule has 2 rings (SSSR count). The van der Waals surface area contributed by atoms with Crippen LogP contribution >= 0.6 is 0 Å². The van der Waals surface area contributed by atoms with Crippen molar-refractivity contribution in [2.24, 2.45) is 5.92 Å². The molecule has 1 saturated heterocycles. The lowest BCUT2D eigenvalue weighted by atomic mass is 9.86. The van der Waals surface area contributed by atoms with Crippen LogP contribution in [0.15, 0.2) is 11.6 Å². The summed E-state index contributed by atoms with van der Waals surface area (Å²) in [6.07, 6.45) is 1.72. The van der Waals surface area contributed by atoms with E-state index in [1.165, 1.54) is 0 Å². The third-order valence-corrected chi connectivity index (χ3v) is 2.78. The van der Waals surface area contributed by atoms with Crippen LogP contribution in [0, 0.1) is 5.92 Å². The van der Waals surface area contributed by atoms with E-state index in [-0.39, 0.29) is 23.9 Å². The van der Waals surface area contributed by atoms with Gasteiger partial charge in [0.2, 0.25) is 0 Å². The number of ketones is 1. The van der Waals surface area contributed by atoms with Crippen molar-refractivity contribution in [1.29, 1.82) is 0 Å². The van der Waals surface area contributed by atoms with Gasteiger partial charge in [0.25, 0.3) is 0 Å². The minimum absolute atomic E-state index is 0.0466. The topological polar surface area (TPSA) is 49.8 Å². The predicted molar refractivity (Wildman–Crippen MR) is 47.2 cm³/mol. The van der Waals surface area contributed by atoms with Crippen LogP contribution in [0.3, 0.4) is 0 Å². The van der Waals surface area contributed by atoms with Gasteiger partial charge >= 0.3 is 0 Å². The van der Waals surface area contributed by atoms with Gasteiger partial charge in [0.15, 0.2) is 5.78 Å². The van der Waals surface area contributed by atoms with Crippen LogP contribution in [-0.2, 0) is 9.53 Å². The van der Waals surface area contributed by atoms with E-state index in [9.17, 15) is 9.90 Å². The molecule has 0 aromatic rings.